The van der Waals surface area contributed by atoms with Gasteiger partial charge in [-0.05, 0) is 0 Å². The molecule has 0 aromatic rings. The minimum absolute atomic E-state index is 0. The summed E-state index contributed by atoms with van der Waals surface area (Å²) in [6.45, 7) is 0. The number of halogens is 21. The molecule has 0 spiro atoms. The van der Waals surface area contributed by atoms with Gasteiger partial charge in [-0.2, -0.15) is 92.2 Å². The fraction of sp³-hybridized carbons (Fsp3) is 1.00. The third kappa shape index (κ3) is 4.23. The van der Waals surface area contributed by atoms with Gasteiger partial charge in [0, 0.05) is 29.6 Å². The van der Waals surface area contributed by atoms with Crippen LogP contribution in [0.25, 0.3) is 0 Å². The van der Waals surface area contributed by atoms with E-state index in [4.69, 9.17) is 5.11 Å². The number of hydrogen-bond acceptors (Lipinski definition) is 1. The van der Waals surface area contributed by atoms with Gasteiger partial charge in [-0.1, -0.05) is 0 Å². The molecular formula is C10HF21NaO. The van der Waals surface area contributed by atoms with E-state index in [-0.39, 0.29) is 29.6 Å². The van der Waals surface area contributed by atoms with Crippen LogP contribution in [-0.2, 0) is 0 Å². The van der Waals surface area contributed by atoms with E-state index in [9.17, 15) is 92.2 Å². The van der Waals surface area contributed by atoms with E-state index >= 15 is 0 Å². The molecule has 1 radical (unpaired) electrons. The number of rotatable bonds is 8. The summed E-state index contributed by atoms with van der Waals surface area (Å²) >= 11 is 0. The SMILES string of the molecule is OC(F)(F)C(F)(F)C(F)(F)C(F)(F)C(F)(F)C(F)(F)C(F)(F)C(F)(F)C(F)(F)C(F)(F)F.[Na]. The second-order valence-corrected chi connectivity index (χ2v) is 5.63. The standard InChI is InChI=1S/C10HF21O.Na/c11-1(12,3(15,16)5(19,20)7(23,24)9(27,28)29)2(13,14)4(17,18)6(21,22)8(25,26)10(30,31)32;/h32H;. The zero-order valence-electron chi connectivity index (χ0n) is 14.4. The van der Waals surface area contributed by atoms with E-state index in [2.05, 4.69) is 0 Å². The summed E-state index contributed by atoms with van der Waals surface area (Å²) in [7, 11) is 0. The van der Waals surface area contributed by atoms with Crippen LogP contribution >= 0.6 is 0 Å². The number of hydrogen-bond donors (Lipinski definition) is 1. The van der Waals surface area contributed by atoms with Crippen molar-refractivity contribution in [3.63, 3.8) is 0 Å². The predicted octanol–water partition coefficient (Wildman–Crippen LogP) is 5.84. The molecule has 0 aliphatic rings. The summed E-state index contributed by atoms with van der Waals surface area (Å²) in [6, 6.07) is 0. The second kappa shape index (κ2) is 8.27. The molecule has 23 heteroatoms. The van der Waals surface area contributed by atoms with Crippen LogP contribution in [0.5, 0.6) is 0 Å². The van der Waals surface area contributed by atoms with Gasteiger partial charge in [-0.3, -0.25) is 0 Å². The van der Waals surface area contributed by atoms with Crippen LogP contribution in [0.2, 0.25) is 0 Å². The fourth-order valence-corrected chi connectivity index (χ4v) is 1.55. The van der Waals surface area contributed by atoms with E-state index in [1.165, 1.54) is 0 Å². The zero-order chi connectivity index (χ0) is 27.0. The van der Waals surface area contributed by atoms with Crippen molar-refractivity contribution in [3.05, 3.63) is 0 Å². The van der Waals surface area contributed by atoms with E-state index in [1.54, 1.807) is 0 Å². The molecule has 0 aliphatic heterocycles. The smallest absolute Gasteiger partial charge is 0.331 e. The summed E-state index contributed by atoms with van der Waals surface area (Å²) in [6.07, 6.45) is -15.5. The Morgan fingerprint density at radius 1 is 0.273 bits per heavy atom. The third-order valence-corrected chi connectivity index (χ3v) is 3.49. The number of alkyl halides is 21. The Bertz CT molecular complexity index is 639. The van der Waals surface area contributed by atoms with Crippen molar-refractivity contribution in [2.75, 3.05) is 0 Å². The Morgan fingerprint density at radius 3 is 0.576 bits per heavy atom. The van der Waals surface area contributed by atoms with Crippen molar-refractivity contribution in [3.8, 4) is 0 Å². The van der Waals surface area contributed by atoms with Crippen LogP contribution in [0, 0.1) is 0 Å². The molecule has 195 valence electrons. The van der Waals surface area contributed by atoms with Crippen LogP contribution in [0.4, 0.5) is 92.2 Å². The molecule has 0 atom stereocenters. The molecule has 33 heavy (non-hydrogen) atoms. The Hall–Kier alpha value is -0.510. The summed E-state index contributed by atoms with van der Waals surface area (Å²) in [5.41, 5.74) is 0. The second-order valence-electron chi connectivity index (χ2n) is 5.63. The van der Waals surface area contributed by atoms with Crippen molar-refractivity contribution in [2.45, 2.75) is 59.7 Å². The Labute approximate surface area is 187 Å². The molecule has 0 aromatic carbocycles. The monoisotopic (exact) mass is 559 g/mol. The van der Waals surface area contributed by atoms with Crippen LogP contribution in [0.1, 0.15) is 0 Å². The normalized spacial score (nSPS) is 16.5. The van der Waals surface area contributed by atoms with Crippen molar-refractivity contribution in [2.24, 2.45) is 0 Å². The Balaban J connectivity index is 0. The predicted molar refractivity (Wildman–Crippen MR) is 58.6 cm³/mol. The van der Waals surface area contributed by atoms with Gasteiger partial charge >= 0.3 is 59.7 Å². The van der Waals surface area contributed by atoms with Crippen molar-refractivity contribution < 1.29 is 97.3 Å². The van der Waals surface area contributed by atoms with Gasteiger partial charge in [0.1, 0.15) is 0 Å². The molecule has 0 amide bonds. The van der Waals surface area contributed by atoms with E-state index in [0.29, 0.717) is 0 Å². The van der Waals surface area contributed by atoms with Crippen molar-refractivity contribution in [1.82, 2.24) is 0 Å². The molecule has 0 rings (SSSR count). The molecule has 0 saturated carbocycles. The van der Waals surface area contributed by atoms with Crippen LogP contribution in [-0.4, -0.2) is 94.3 Å². The zero-order valence-corrected chi connectivity index (χ0v) is 16.4. The molecule has 0 saturated heterocycles. The minimum atomic E-state index is -9.20. The number of aliphatic hydroxyl groups is 1. The van der Waals surface area contributed by atoms with Gasteiger partial charge in [-0.15, -0.1) is 0 Å². The molecule has 1 N–H and O–H groups in total. The van der Waals surface area contributed by atoms with Crippen molar-refractivity contribution >= 4 is 29.6 Å². The maximum Gasteiger partial charge on any atom is 0.460 e. The first-order chi connectivity index (χ1) is 13.2. The average Bonchev–Trinajstić information content (AvgIpc) is 2.51. The molecule has 0 fully saturated rings. The first-order valence-electron chi connectivity index (χ1n) is 6.44. The Morgan fingerprint density at radius 2 is 0.424 bits per heavy atom. The summed E-state index contributed by atoms with van der Waals surface area (Å²) in [4.78, 5) is 0. The molecule has 0 aromatic heterocycles. The molecular weight excluding hydrogens is 558 g/mol. The molecule has 1 nitrogen and oxygen atoms in total. The van der Waals surface area contributed by atoms with E-state index in [1.807, 2.05) is 0 Å². The van der Waals surface area contributed by atoms with Crippen molar-refractivity contribution in [1.29, 1.82) is 0 Å². The topological polar surface area (TPSA) is 20.2 Å². The van der Waals surface area contributed by atoms with E-state index < -0.39 is 59.7 Å². The maximum atomic E-state index is 13.1. The van der Waals surface area contributed by atoms with Gasteiger partial charge in [0.15, 0.2) is 0 Å². The summed E-state index contributed by atoms with van der Waals surface area (Å²) < 4.78 is 266. The first kappa shape index (κ1) is 34.7. The quantitative estimate of drug-likeness (QED) is 0.293. The third-order valence-electron chi connectivity index (χ3n) is 3.49. The summed E-state index contributed by atoms with van der Waals surface area (Å²) in [5, 5.41) is 7.38. The first-order valence-corrected chi connectivity index (χ1v) is 6.44. The van der Waals surface area contributed by atoms with Gasteiger partial charge in [0.2, 0.25) is 0 Å². The van der Waals surface area contributed by atoms with Crippen LogP contribution in [0.3, 0.4) is 0 Å². The molecule has 0 bridgehead atoms. The average molecular weight is 559 g/mol. The molecule has 0 aliphatic carbocycles. The molecule has 0 heterocycles. The largest absolute Gasteiger partial charge is 0.460 e. The van der Waals surface area contributed by atoms with Gasteiger partial charge < -0.3 is 5.11 Å². The van der Waals surface area contributed by atoms with E-state index in [0.717, 1.165) is 0 Å². The fourth-order valence-electron chi connectivity index (χ4n) is 1.55. The Kier molecular flexibility index (Phi) is 8.69. The van der Waals surface area contributed by atoms with Gasteiger partial charge in [0.25, 0.3) is 0 Å². The van der Waals surface area contributed by atoms with Crippen LogP contribution < -0.4 is 0 Å². The maximum absolute atomic E-state index is 13.1. The summed E-state index contributed by atoms with van der Waals surface area (Å²) in [5.74, 6) is -70.9. The minimum Gasteiger partial charge on any atom is -0.331 e. The van der Waals surface area contributed by atoms with Gasteiger partial charge in [0.05, 0.1) is 0 Å². The van der Waals surface area contributed by atoms with Gasteiger partial charge in [-0.25, -0.2) is 0 Å². The van der Waals surface area contributed by atoms with Crippen LogP contribution in [0.15, 0.2) is 0 Å². The molecule has 0 unspecified atom stereocenters.